The second-order valence-corrected chi connectivity index (χ2v) is 4.90. The number of piperazine rings is 1. The van der Waals surface area contributed by atoms with Gasteiger partial charge in [0.2, 0.25) is 11.8 Å². The number of rotatable bonds is 2. The Kier molecular flexibility index (Phi) is 3.41. The summed E-state index contributed by atoms with van der Waals surface area (Å²) in [6.45, 7) is 2.02. The Labute approximate surface area is 109 Å². The van der Waals surface area contributed by atoms with Crippen LogP contribution < -0.4 is 5.32 Å². The fraction of sp³-hybridized carbons (Fsp3) is 0.636. The molecule has 1 unspecified atom stereocenters. The molecular weight excluding hydrogens is 254 g/mol. The van der Waals surface area contributed by atoms with Crippen LogP contribution in [0.5, 0.6) is 0 Å². The van der Waals surface area contributed by atoms with Crippen molar-refractivity contribution < 1.29 is 24.3 Å². The number of carboxylic acid groups (broad SMARTS) is 1. The number of hydrogen-bond donors (Lipinski definition) is 2. The molecule has 104 valence electrons. The van der Waals surface area contributed by atoms with Crippen molar-refractivity contribution in [3.05, 3.63) is 0 Å². The van der Waals surface area contributed by atoms with Crippen LogP contribution in [0.3, 0.4) is 0 Å². The van der Waals surface area contributed by atoms with Gasteiger partial charge < -0.3 is 14.9 Å². The van der Waals surface area contributed by atoms with Gasteiger partial charge in [0, 0.05) is 19.0 Å². The Hall–Kier alpha value is -2.12. The molecular formula is C11H15N3O5. The minimum absolute atomic E-state index is 0.0734. The molecule has 2 aliphatic rings. The fourth-order valence-electron chi connectivity index (χ4n) is 2.16. The molecule has 4 amide bonds. The van der Waals surface area contributed by atoms with Gasteiger partial charge in [-0.3, -0.25) is 19.7 Å². The third kappa shape index (κ3) is 2.67. The van der Waals surface area contributed by atoms with E-state index in [0.29, 0.717) is 13.1 Å². The summed E-state index contributed by atoms with van der Waals surface area (Å²) in [5, 5.41) is 11.0. The first-order valence-electron chi connectivity index (χ1n) is 5.98. The van der Waals surface area contributed by atoms with E-state index in [2.05, 4.69) is 5.32 Å². The largest absolute Gasteiger partial charge is 0.481 e. The number of urea groups is 1. The van der Waals surface area contributed by atoms with Crippen molar-refractivity contribution in [3.8, 4) is 0 Å². The number of carbonyl (C=O) groups excluding carboxylic acids is 3. The van der Waals surface area contributed by atoms with E-state index >= 15 is 0 Å². The number of carbonyl (C=O) groups is 4. The molecule has 0 bridgehead atoms. The minimum Gasteiger partial charge on any atom is -0.481 e. The fourth-order valence-corrected chi connectivity index (χ4v) is 2.16. The highest BCUT2D eigenvalue weighted by Gasteiger charge is 2.40. The Bertz CT molecular complexity index is 428. The number of amides is 4. The van der Waals surface area contributed by atoms with Gasteiger partial charge in [-0.05, 0) is 0 Å². The standard InChI is InChI=1S/C11H15N3O5/c1-6(10(17)18)7-2-13(3-7)11(19)14-4-8(15)12-9(16)5-14/h6-7H,2-5H2,1H3,(H,17,18)(H,12,15,16). The minimum atomic E-state index is -0.885. The zero-order valence-electron chi connectivity index (χ0n) is 10.5. The Morgan fingerprint density at radius 1 is 1.21 bits per heavy atom. The smallest absolute Gasteiger partial charge is 0.320 e. The maximum absolute atomic E-state index is 12.0. The number of likely N-dealkylation sites (tertiary alicyclic amines) is 1. The maximum atomic E-state index is 12.0. The monoisotopic (exact) mass is 269 g/mol. The molecule has 8 nitrogen and oxygen atoms in total. The lowest BCUT2D eigenvalue weighted by atomic mass is 9.87. The lowest BCUT2D eigenvalue weighted by Crippen LogP contribution is -2.61. The lowest BCUT2D eigenvalue weighted by molar-refractivity contribution is -0.144. The van der Waals surface area contributed by atoms with Gasteiger partial charge >= 0.3 is 12.0 Å². The van der Waals surface area contributed by atoms with Gasteiger partial charge in [-0.1, -0.05) is 6.92 Å². The zero-order valence-corrected chi connectivity index (χ0v) is 10.5. The number of hydrogen-bond acceptors (Lipinski definition) is 4. The molecule has 2 saturated heterocycles. The second kappa shape index (κ2) is 4.87. The summed E-state index contributed by atoms with van der Waals surface area (Å²) in [5.74, 6) is -2.46. The summed E-state index contributed by atoms with van der Waals surface area (Å²) in [6.07, 6.45) is 0. The molecule has 0 aromatic heterocycles. The van der Waals surface area contributed by atoms with Crippen molar-refractivity contribution in [1.29, 1.82) is 0 Å². The molecule has 0 aliphatic carbocycles. The van der Waals surface area contributed by atoms with Crippen LogP contribution in [0.2, 0.25) is 0 Å². The van der Waals surface area contributed by atoms with Crippen LogP contribution in [-0.2, 0) is 14.4 Å². The van der Waals surface area contributed by atoms with E-state index in [4.69, 9.17) is 5.11 Å². The third-order valence-electron chi connectivity index (χ3n) is 3.50. The maximum Gasteiger partial charge on any atom is 0.320 e. The summed E-state index contributed by atoms with van der Waals surface area (Å²) < 4.78 is 0. The first-order valence-corrected chi connectivity index (χ1v) is 5.98. The first-order chi connectivity index (χ1) is 8.88. The summed E-state index contributed by atoms with van der Waals surface area (Å²) in [5.41, 5.74) is 0. The highest BCUT2D eigenvalue weighted by molar-refractivity contribution is 6.02. The van der Waals surface area contributed by atoms with Crippen molar-refractivity contribution >= 4 is 23.8 Å². The molecule has 1 atom stereocenters. The predicted octanol–water partition coefficient (Wildman–Crippen LogP) is -1.28. The van der Waals surface area contributed by atoms with Gasteiger partial charge in [-0.2, -0.15) is 0 Å². The average molecular weight is 269 g/mol. The summed E-state index contributed by atoms with van der Waals surface area (Å²) in [7, 11) is 0. The van der Waals surface area contributed by atoms with Crippen molar-refractivity contribution in [3.63, 3.8) is 0 Å². The van der Waals surface area contributed by atoms with Gasteiger partial charge in [0.05, 0.1) is 5.92 Å². The van der Waals surface area contributed by atoms with Crippen LogP contribution in [0.4, 0.5) is 4.79 Å². The van der Waals surface area contributed by atoms with Crippen LogP contribution in [0.1, 0.15) is 6.92 Å². The van der Waals surface area contributed by atoms with Gasteiger partial charge in [-0.15, -0.1) is 0 Å². The molecule has 0 saturated carbocycles. The van der Waals surface area contributed by atoms with E-state index in [0.717, 1.165) is 0 Å². The second-order valence-electron chi connectivity index (χ2n) is 4.90. The molecule has 0 spiro atoms. The van der Waals surface area contributed by atoms with Crippen molar-refractivity contribution in [2.24, 2.45) is 11.8 Å². The molecule has 0 aromatic rings. The molecule has 2 heterocycles. The van der Waals surface area contributed by atoms with Crippen LogP contribution in [0, 0.1) is 11.8 Å². The van der Waals surface area contributed by atoms with Crippen LogP contribution in [-0.4, -0.2) is 64.9 Å². The Morgan fingerprint density at radius 2 is 1.74 bits per heavy atom. The molecule has 2 N–H and O–H groups in total. The van der Waals surface area contributed by atoms with Crippen molar-refractivity contribution in [2.75, 3.05) is 26.2 Å². The molecule has 19 heavy (non-hydrogen) atoms. The lowest BCUT2D eigenvalue weighted by Gasteiger charge is -2.43. The molecule has 2 rings (SSSR count). The van der Waals surface area contributed by atoms with E-state index in [1.54, 1.807) is 6.92 Å². The SMILES string of the molecule is CC(C(=O)O)C1CN(C(=O)N2CC(=O)NC(=O)C2)C1. The highest BCUT2D eigenvalue weighted by Crippen LogP contribution is 2.25. The molecule has 2 aliphatic heterocycles. The van der Waals surface area contributed by atoms with E-state index in [9.17, 15) is 19.2 Å². The normalized spacial score (nSPS) is 21.7. The van der Waals surface area contributed by atoms with E-state index in [1.165, 1.54) is 9.80 Å². The van der Waals surface area contributed by atoms with Crippen molar-refractivity contribution in [2.45, 2.75) is 6.92 Å². The molecule has 8 heteroatoms. The van der Waals surface area contributed by atoms with E-state index in [1.807, 2.05) is 0 Å². The van der Waals surface area contributed by atoms with Gasteiger partial charge in [0.25, 0.3) is 0 Å². The van der Waals surface area contributed by atoms with Gasteiger partial charge in [-0.25, -0.2) is 4.79 Å². The quantitative estimate of drug-likeness (QED) is 0.607. The van der Waals surface area contributed by atoms with Crippen LogP contribution in [0.15, 0.2) is 0 Å². The summed E-state index contributed by atoms with van der Waals surface area (Å²) >= 11 is 0. The predicted molar refractivity (Wildman–Crippen MR) is 62.0 cm³/mol. The number of nitrogens with one attached hydrogen (secondary N) is 1. The van der Waals surface area contributed by atoms with Gasteiger partial charge in [0.1, 0.15) is 13.1 Å². The Balaban J connectivity index is 1.88. The Morgan fingerprint density at radius 3 is 2.21 bits per heavy atom. The number of nitrogens with zero attached hydrogens (tertiary/aromatic N) is 2. The molecule has 0 aromatic carbocycles. The third-order valence-corrected chi connectivity index (χ3v) is 3.50. The van der Waals surface area contributed by atoms with E-state index < -0.39 is 29.7 Å². The van der Waals surface area contributed by atoms with Crippen molar-refractivity contribution in [1.82, 2.24) is 15.1 Å². The number of imide groups is 1. The number of carboxylic acids is 1. The number of aliphatic carboxylic acids is 1. The van der Waals surface area contributed by atoms with Gasteiger partial charge in [0.15, 0.2) is 0 Å². The molecule has 0 radical (unpaired) electrons. The van der Waals surface area contributed by atoms with Crippen LogP contribution in [0.25, 0.3) is 0 Å². The summed E-state index contributed by atoms with van der Waals surface area (Å²) in [4.78, 5) is 47.7. The molecule has 2 fully saturated rings. The zero-order chi connectivity index (χ0) is 14.2. The first kappa shape index (κ1) is 13.3. The van der Waals surface area contributed by atoms with E-state index in [-0.39, 0.29) is 19.0 Å². The average Bonchev–Trinajstić information content (AvgIpc) is 2.25. The van der Waals surface area contributed by atoms with Crippen LogP contribution >= 0.6 is 0 Å². The highest BCUT2D eigenvalue weighted by atomic mass is 16.4. The topological polar surface area (TPSA) is 107 Å². The summed E-state index contributed by atoms with van der Waals surface area (Å²) in [6, 6.07) is -0.392.